The van der Waals surface area contributed by atoms with Gasteiger partial charge in [-0.25, -0.2) is 4.79 Å². The van der Waals surface area contributed by atoms with Gasteiger partial charge in [-0.05, 0) is 34.6 Å². The summed E-state index contributed by atoms with van der Waals surface area (Å²) in [6, 6.07) is 0. The lowest BCUT2D eigenvalue weighted by Gasteiger charge is -2.35. The molecule has 0 aromatic carbocycles. The first-order valence-corrected chi connectivity index (χ1v) is 8.58. The van der Waals surface area contributed by atoms with E-state index in [9.17, 15) is 4.79 Å². The van der Waals surface area contributed by atoms with E-state index < -0.39 is 5.60 Å². The first-order valence-electron chi connectivity index (χ1n) is 8.58. The molecule has 0 aromatic heterocycles. The fourth-order valence-corrected chi connectivity index (χ4v) is 2.29. The van der Waals surface area contributed by atoms with E-state index in [1.54, 1.807) is 4.90 Å². The van der Waals surface area contributed by atoms with Gasteiger partial charge in [-0.1, -0.05) is 0 Å². The molecule has 1 fully saturated rings. The summed E-state index contributed by atoms with van der Waals surface area (Å²) >= 11 is 0. The van der Waals surface area contributed by atoms with Gasteiger partial charge in [0.25, 0.3) is 0 Å². The van der Waals surface area contributed by atoms with E-state index in [1.807, 2.05) is 20.8 Å². The SMILES string of the molecule is CCNC(=NCCN1CCN(C(=O)OC(C)(C)C)CC1)NCC.I. The molecule has 1 aliphatic heterocycles. The number of nitrogens with one attached hydrogen (secondary N) is 2. The standard InChI is InChI=1S/C16H33N5O2.HI/c1-6-17-14(18-7-2)19-8-9-20-10-12-21(13-11-20)15(22)23-16(3,4)5;/h6-13H2,1-5H3,(H2,17,18,19);1H. The minimum absolute atomic E-state index is 0. The van der Waals surface area contributed by atoms with Crippen molar-refractivity contribution >= 4 is 36.0 Å². The van der Waals surface area contributed by atoms with Gasteiger partial charge in [0.2, 0.25) is 0 Å². The second kappa shape index (κ2) is 11.7. The van der Waals surface area contributed by atoms with Gasteiger partial charge in [-0.2, -0.15) is 0 Å². The molecule has 0 aliphatic carbocycles. The summed E-state index contributed by atoms with van der Waals surface area (Å²) in [6.45, 7) is 16.3. The molecule has 142 valence electrons. The van der Waals surface area contributed by atoms with Gasteiger partial charge in [0.15, 0.2) is 5.96 Å². The lowest BCUT2D eigenvalue weighted by molar-refractivity contribution is 0.0148. The summed E-state index contributed by atoms with van der Waals surface area (Å²) in [4.78, 5) is 20.7. The summed E-state index contributed by atoms with van der Waals surface area (Å²) < 4.78 is 5.41. The van der Waals surface area contributed by atoms with Crippen LogP contribution in [-0.4, -0.2) is 79.8 Å². The van der Waals surface area contributed by atoms with E-state index in [0.29, 0.717) is 13.1 Å². The highest BCUT2D eigenvalue weighted by atomic mass is 127. The van der Waals surface area contributed by atoms with Gasteiger partial charge in [0, 0.05) is 45.8 Å². The zero-order chi connectivity index (χ0) is 17.3. The molecule has 1 rings (SSSR count). The maximum atomic E-state index is 12.0. The molecular weight excluding hydrogens is 421 g/mol. The van der Waals surface area contributed by atoms with Crippen LogP contribution in [0.2, 0.25) is 0 Å². The van der Waals surface area contributed by atoms with Crippen LogP contribution in [0.1, 0.15) is 34.6 Å². The fraction of sp³-hybridized carbons (Fsp3) is 0.875. The number of carbonyl (C=O) groups excluding carboxylic acids is 1. The number of nitrogens with zero attached hydrogens (tertiary/aromatic N) is 3. The number of rotatable bonds is 5. The van der Waals surface area contributed by atoms with Gasteiger partial charge in [-0.15, -0.1) is 24.0 Å². The zero-order valence-corrected chi connectivity index (χ0v) is 18.1. The van der Waals surface area contributed by atoms with Crippen molar-refractivity contribution in [1.29, 1.82) is 0 Å². The van der Waals surface area contributed by atoms with Crippen molar-refractivity contribution in [1.82, 2.24) is 20.4 Å². The van der Waals surface area contributed by atoms with Crippen molar-refractivity contribution < 1.29 is 9.53 Å². The molecule has 2 N–H and O–H groups in total. The van der Waals surface area contributed by atoms with Crippen LogP contribution in [0.4, 0.5) is 4.79 Å². The predicted octanol–water partition coefficient (Wildman–Crippen LogP) is 1.73. The van der Waals surface area contributed by atoms with E-state index in [0.717, 1.165) is 45.2 Å². The maximum absolute atomic E-state index is 12.0. The predicted molar refractivity (Wildman–Crippen MR) is 109 cm³/mol. The molecule has 0 unspecified atom stereocenters. The first kappa shape index (κ1) is 23.2. The average Bonchev–Trinajstić information content (AvgIpc) is 2.46. The van der Waals surface area contributed by atoms with Gasteiger partial charge < -0.3 is 20.3 Å². The molecule has 1 amide bonds. The second-order valence-electron chi connectivity index (χ2n) is 6.60. The molecule has 24 heavy (non-hydrogen) atoms. The zero-order valence-electron chi connectivity index (χ0n) is 15.7. The maximum Gasteiger partial charge on any atom is 0.410 e. The highest BCUT2D eigenvalue weighted by Gasteiger charge is 2.25. The normalized spacial score (nSPS) is 15.3. The van der Waals surface area contributed by atoms with Gasteiger partial charge in [-0.3, -0.25) is 9.89 Å². The summed E-state index contributed by atoms with van der Waals surface area (Å²) in [6.07, 6.45) is -0.211. The molecule has 0 saturated carbocycles. The molecule has 0 bridgehead atoms. The van der Waals surface area contributed by atoms with Gasteiger partial charge >= 0.3 is 6.09 Å². The van der Waals surface area contributed by atoms with Crippen LogP contribution in [0.25, 0.3) is 0 Å². The summed E-state index contributed by atoms with van der Waals surface area (Å²) in [5, 5.41) is 6.43. The van der Waals surface area contributed by atoms with Crippen molar-refractivity contribution in [3.05, 3.63) is 0 Å². The van der Waals surface area contributed by atoms with Crippen LogP contribution < -0.4 is 10.6 Å². The smallest absolute Gasteiger partial charge is 0.410 e. The molecule has 0 atom stereocenters. The van der Waals surface area contributed by atoms with Crippen LogP contribution in [0.5, 0.6) is 0 Å². The van der Waals surface area contributed by atoms with Crippen molar-refractivity contribution in [2.24, 2.45) is 4.99 Å². The van der Waals surface area contributed by atoms with Crippen molar-refractivity contribution in [2.45, 2.75) is 40.2 Å². The molecule has 0 spiro atoms. The van der Waals surface area contributed by atoms with Crippen molar-refractivity contribution in [3.8, 4) is 0 Å². The Labute approximate surface area is 163 Å². The lowest BCUT2D eigenvalue weighted by Crippen LogP contribution is -2.50. The number of guanidine groups is 1. The highest BCUT2D eigenvalue weighted by molar-refractivity contribution is 14.0. The quantitative estimate of drug-likeness (QED) is 0.376. The van der Waals surface area contributed by atoms with E-state index in [1.165, 1.54) is 0 Å². The fourth-order valence-electron chi connectivity index (χ4n) is 2.29. The molecule has 1 saturated heterocycles. The Morgan fingerprint density at radius 2 is 1.62 bits per heavy atom. The topological polar surface area (TPSA) is 69.2 Å². The molecule has 1 heterocycles. The summed E-state index contributed by atoms with van der Waals surface area (Å²) in [5.41, 5.74) is -0.433. The molecular formula is C16H34IN5O2. The second-order valence-corrected chi connectivity index (χ2v) is 6.60. The van der Waals surface area contributed by atoms with Crippen LogP contribution >= 0.6 is 24.0 Å². The first-order chi connectivity index (χ1) is 10.9. The van der Waals surface area contributed by atoms with Crippen LogP contribution in [-0.2, 0) is 4.74 Å². The van der Waals surface area contributed by atoms with E-state index >= 15 is 0 Å². The number of hydrogen-bond donors (Lipinski definition) is 2. The Hall–Kier alpha value is -0.770. The number of ether oxygens (including phenoxy) is 1. The Morgan fingerprint density at radius 3 is 2.08 bits per heavy atom. The molecule has 0 radical (unpaired) electrons. The average molecular weight is 455 g/mol. The molecule has 8 heteroatoms. The minimum atomic E-state index is -0.433. The molecule has 1 aliphatic rings. The minimum Gasteiger partial charge on any atom is -0.444 e. The number of piperazine rings is 1. The third-order valence-corrected chi connectivity index (χ3v) is 3.40. The third-order valence-electron chi connectivity index (χ3n) is 3.40. The van der Waals surface area contributed by atoms with E-state index in [4.69, 9.17) is 4.74 Å². The lowest BCUT2D eigenvalue weighted by atomic mass is 10.2. The Bertz CT molecular complexity index is 382. The van der Waals surface area contributed by atoms with Gasteiger partial charge in [0.05, 0.1) is 6.54 Å². The van der Waals surface area contributed by atoms with Crippen LogP contribution in [0, 0.1) is 0 Å². The number of aliphatic imine (C=N–C) groups is 1. The van der Waals surface area contributed by atoms with Crippen LogP contribution in [0.3, 0.4) is 0 Å². The van der Waals surface area contributed by atoms with Crippen molar-refractivity contribution in [2.75, 3.05) is 52.4 Å². The summed E-state index contributed by atoms with van der Waals surface area (Å²) in [7, 11) is 0. The Morgan fingerprint density at radius 1 is 1.08 bits per heavy atom. The van der Waals surface area contributed by atoms with Gasteiger partial charge in [0.1, 0.15) is 5.60 Å². The number of amides is 1. The number of carbonyl (C=O) groups is 1. The van der Waals surface area contributed by atoms with E-state index in [-0.39, 0.29) is 30.1 Å². The Balaban J connectivity index is 0.00000529. The summed E-state index contributed by atoms with van der Waals surface area (Å²) in [5.74, 6) is 0.863. The van der Waals surface area contributed by atoms with E-state index in [2.05, 4.69) is 34.4 Å². The molecule has 0 aromatic rings. The number of hydrogen-bond acceptors (Lipinski definition) is 4. The Kier molecular flexibility index (Phi) is 11.4. The molecule has 7 nitrogen and oxygen atoms in total. The third kappa shape index (κ3) is 9.51. The number of halogens is 1. The monoisotopic (exact) mass is 455 g/mol. The largest absolute Gasteiger partial charge is 0.444 e. The highest BCUT2D eigenvalue weighted by Crippen LogP contribution is 2.11. The van der Waals surface area contributed by atoms with Crippen LogP contribution in [0.15, 0.2) is 4.99 Å². The van der Waals surface area contributed by atoms with Crippen molar-refractivity contribution in [3.63, 3.8) is 0 Å².